The lowest BCUT2D eigenvalue weighted by atomic mass is 10.1. The van der Waals surface area contributed by atoms with Crippen LogP contribution in [0.5, 0.6) is 11.5 Å². The molecule has 0 bridgehead atoms. The van der Waals surface area contributed by atoms with E-state index >= 15 is 0 Å². The van der Waals surface area contributed by atoms with Gasteiger partial charge in [-0.1, -0.05) is 13.0 Å². The number of methoxy groups -OCH3 is 2. The molecular formula is C18H24N4O3. The van der Waals surface area contributed by atoms with Crippen LogP contribution in [0.2, 0.25) is 0 Å². The van der Waals surface area contributed by atoms with Gasteiger partial charge < -0.3 is 20.1 Å². The molecule has 0 radical (unpaired) electrons. The number of anilines is 1. The van der Waals surface area contributed by atoms with Gasteiger partial charge in [-0.15, -0.1) is 10.2 Å². The van der Waals surface area contributed by atoms with Gasteiger partial charge in [-0.2, -0.15) is 0 Å². The molecule has 1 aromatic heterocycles. The van der Waals surface area contributed by atoms with Crippen molar-refractivity contribution in [2.75, 3.05) is 32.6 Å². The van der Waals surface area contributed by atoms with E-state index in [9.17, 15) is 4.79 Å². The number of amides is 1. The maximum Gasteiger partial charge on any atom is 0.271 e. The first-order valence-electron chi connectivity index (χ1n) is 8.24. The van der Waals surface area contributed by atoms with Crippen LogP contribution in [0.1, 0.15) is 29.4 Å². The molecule has 1 amide bonds. The predicted molar refractivity (Wildman–Crippen MR) is 96.4 cm³/mol. The number of nitrogens with one attached hydrogen (secondary N) is 2. The molecule has 0 saturated heterocycles. The average Bonchev–Trinajstić information content (AvgIpc) is 2.66. The Morgan fingerprint density at radius 1 is 1.04 bits per heavy atom. The first kappa shape index (κ1) is 18.5. The second kappa shape index (κ2) is 9.46. The molecule has 7 nitrogen and oxygen atoms in total. The quantitative estimate of drug-likeness (QED) is 0.726. The highest BCUT2D eigenvalue weighted by Gasteiger charge is 2.09. The molecule has 1 heterocycles. The fourth-order valence-electron chi connectivity index (χ4n) is 2.25. The van der Waals surface area contributed by atoms with Crippen molar-refractivity contribution in [3.8, 4) is 11.5 Å². The Labute approximate surface area is 147 Å². The number of hydrogen-bond acceptors (Lipinski definition) is 6. The number of carbonyl (C=O) groups is 1. The molecule has 0 aliphatic rings. The van der Waals surface area contributed by atoms with Crippen LogP contribution in [-0.4, -0.2) is 43.4 Å². The summed E-state index contributed by atoms with van der Waals surface area (Å²) in [7, 11) is 3.20. The van der Waals surface area contributed by atoms with Crippen LogP contribution in [0.15, 0.2) is 30.3 Å². The van der Waals surface area contributed by atoms with Crippen LogP contribution < -0.4 is 20.1 Å². The highest BCUT2D eigenvalue weighted by Crippen LogP contribution is 2.27. The van der Waals surface area contributed by atoms with Crippen LogP contribution in [0.25, 0.3) is 0 Å². The summed E-state index contributed by atoms with van der Waals surface area (Å²) in [5.41, 5.74) is 1.34. The zero-order valence-corrected chi connectivity index (χ0v) is 14.8. The lowest BCUT2D eigenvalue weighted by Gasteiger charge is -2.10. The summed E-state index contributed by atoms with van der Waals surface area (Å²) >= 11 is 0. The van der Waals surface area contributed by atoms with Crippen molar-refractivity contribution in [1.29, 1.82) is 0 Å². The third-order valence-corrected chi connectivity index (χ3v) is 3.60. The van der Waals surface area contributed by atoms with Gasteiger partial charge in [0.05, 0.1) is 14.2 Å². The minimum Gasteiger partial charge on any atom is -0.493 e. The van der Waals surface area contributed by atoms with E-state index in [0.717, 1.165) is 18.5 Å². The van der Waals surface area contributed by atoms with Crippen molar-refractivity contribution >= 4 is 11.7 Å². The van der Waals surface area contributed by atoms with Crippen molar-refractivity contribution in [2.24, 2.45) is 0 Å². The summed E-state index contributed by atoms with van der Waals surface area (Å²) in [4.78, 5) is 12.1. The minimum absolute atomic E-state index is 0.241. The normalized spacial score (nSPS) is 10.2. The van der Waals surface area contributed by atoms with E-state index in [1.54, 1.807) is 26.4 Å². The zero-order valence-electron chi connectivity index (χ0n) is 14.8. The fraction of sp³-hybridized carbons (Fsp3) is 0.389. The van der Waals surface area contributed by atoms with E-state index in [1.807, 2.05) is 18.2 Å². The molecular weight excluding hydrogens is 320 g/mol. The van der Waals surface area contributed by atoms with Crippen LogP contribution in [0.3, 0.4) is 0 Å². The number of nitrogens with zero attached hydrogens (tertiary/aromatic N) is 2. The molecule has 2 N–H and O–H groups in total. The summed E-state index contributed by atoms with van der Waals surface area (Å²) in [5.74, 6) is 1.79. The Bertz CT molecular complexity index is 689. The third kappa shape index (κ3) is 5.34. The van der Waals surface area contributed by atoms with E-state index in [1.165, 1.54) is 0 Å². The topological polar surface area (TPSA) is 85.4 Å². The van der Waals surface area contributed by atoms with Gasteiger partial charge in [-0.05, 0) is 42.7 Å². The minimum atomic E-state index is -0.241. The Balaban J connectivity index is 1.85. The fourth-order valence-corrected chi connectivity index (χ4v) is 2.25. The number of benzene rings is 1. The van der Waals surface area contributed by atoms with Crippen LogP contribution in [0.4, 0.5) is 5.82 Å². The summed E-state index contributed by atoms with van der Waals surface area (Å²) < 4.78 is 10.5. The molecule has 25 heavy (non-hydrogen) atoms. The maximum atomic E-state index is 12.1. The van der Waals surface area contributed by atoms with Crippen LogP contribution >= 0.6 is 0 Å². The molecule has 0 fully saturated rings. The second-order valence-corrected chi connectivity index (χ2v) is 5.43. The Hall–Kier alpha value is -2.83. The van der Waals surface area contributed by atoms with Crippen molar-refractivity contribution in [3.63, 3.8) is 0 Å². The first-order chi connectivity index (χ1) is 12.2. The van der Waals surface area contributed by atoms with Crippen molar-refractivity contribution in [1.82, 2.24) is 15.5 Å². The molecule has 0 aliphatic heterocycles. The van der Waals surface area contributed by atoms with E-state index in [4.69, 9.17) is 9.47 Å². The van der Waals surface area contributed by atoms with E-state index in [2.05, 4.69) is 27.8 Å². The molecule has 2 aromatic rings. The highest BCUT2D eigenvalue weighted by molar-refractivity contribution is 5.92. The van der Waals surface area contributed by atoms with Gasteiger partial charge in [0.2, 0.25) is 0 Å². The van der Waals surface area contributed by atoms with Gasteiger partial charge in [0.25, 0.3) is 5.91 Å². The molecule has 0 spiro atoms. The van der Waals surface area contributed by atoms with Gasteiger partial charge >= 0.3 is 0 Å². The maximum absolute atomic E-state index is 12.1. The lowest BCUT2D eigenvalue weighted by Crippen LogP contribution is -2.26. The van der Waals surface area contributed by atoms with Gasteiger partial charge in [-0.25, -0.2) is 0 Å². The zero-order chi connectivity index (χ0) is 18.1. The summed E-state index contributed by atoms with van der Waals surface area (Å²) in [6.45, 7) is 3.39. The number of carbonyl (C=O) groups excluding carboxylic acids is 1. The molecule has 134 valence electrons. The van der Waals surface area contributed by atoms with Gasteiger partial charge in [0, 0.05) is 13.1 Å². The summed E-state index contributed by atoms with van der Waals surface area (Å²) in [5, 5.41) is 13.9. The molecule has 0 unspecified atom stereocenters. The largest absolute Gasteiger partial charge is 0.493 e. The van der Waals surface area contributed by atoms with Gasteiger partial charge in [0.15, 0.2) is 17.2 Å². The average molecular weight is 344 g/mol. The lowest BCUT2D eigenvalue weighted by molar-refractivity contribution is 0.0948. The smallest absolute Gasteiger partial charge is 0.271 e. The Kier molecular flexibility index (Phi) is 7.00. The van der Waals surface area contributed by atoms with Crippen molar-refractivity contribution in [3.05, 3.63) is 41.6 Å². The molecule has 0 aliphatic carbocycles. The molecule has 2 rings (SSSR count). The van der Waals surface area contributed by atoms with Crippen molar-refractivity contribution in [2.45, 2.75) is 19.8 Å². The number of hydrogen-bond donors (Lipinski definition) is 2. The predicted octanol–water partition coefficient (Wildman–Crippen LogP) is 2.29. The third-order valence-electron chi connectivity index (χ3n) is 3.60. The molecule has 0 saturated carbocycles. The summed E-state index contributed by atoms with van der Waals surface area (Å²) in [6, 6.07) is 9.12. The van der Waals surface area contributed by atoms with Crippen molar-refractivity contribution < 1.29 is 14.3 Å². The second-order valence-electron chi connectivity index (χ2n) is 5.43. The number of ether oxygens (including phenoxy) is 2. The van der Waals surface area contributed by atoms with E-state index in [-0.39, 0.29) is 5.91 Å². The highest BCUT2D eigenvalue weighted by atomic mass is 16.5. The molecule has 1 aromatic carbocycles. The number of aromatic nitrogens is 2. The number of rotatable bonds is 9. The van der Waals surface area contributed by atoms with Gasteiger partial charge in [-0.3, -0.25) is 4.79 Å². The first-order valence-corrected chi connectivity index (χ1v) is 8.24. The van der Waals surface area contributed by atoms with E-state index < -0.39 is 0 Å². The SMILES string of the molecule is CCCNc1ccc(C(=O)NCCc2ccc(OC)c(OC)c2)nn1. The van der Waals surface area contributed by atoms with Crippen LogP contribution in [-0.2, 0) is 6.42 Å². The van der Waals surface area contributed by atoms with Gasteiger partial charge in [0.1, 0.15) is 5.82 Å². The standard InChI is InChI=1S/C18H24N4O3/c1-4-10-19-17-8-6-14(21-22-17)18(23)20-11-9-13-5-7-15(24-2)16(12-13)25-3/h5-8,12H,4,9-11H2,1-3H3,(H,19,22)(H,20,23). The summed E-state index contributed by atoms with van der Waals surface area (Å²) in [6.07, 6.45) is 1.68. The monoisotopic (exact) mass is 344 g/mol. The molecule has 7 heteroatoms. The molecule has 0 atom stereocenters. The Morgan fingerprint density at radius 2 is 1.84 bits per heavy atom. The Morgan fingerprint density at radius 3 is 2.48 bits per heavy atom. The van der Waals surface area contributed by atoms with Crippen LogP contribution in [0, 0.1) is 0 Å². The van der Waals surface area contributed by atoms with E-state index in [0.29, 0.717) is 36.0 Å².